The van der Waals surface area contributed by atoms with Crippen LogP contribution in [-0.4, -0.2) is 47.9 Å². The minimum absolute atomic E-state index is 0.259. The van der Waals surface area contributed by atoms with Crippen molar-refractivity contribution in [2.24, 2.45) is 0 Å². The van der Waals surface area contributed by atoms with Crippen LogP contribution in [0, 0.1) is 0 Å². The van der Waals surface area contributed by atoms with E-state index in [1.165, 1.54) is 6.92 Å². The number of carbonyl (C=O) groups excluding carboxylic acids is 3. The van der Waals surface area contributed by atoms with E-state index in [4.69, 9.17) is 14.2 Å². The van der Waals surface area contributed by atoms with Crippen molar-refractivity contribution in [2.75, 3.05) is 6.61 Å². The first-order valence-electron chi connectivity index (χ1n) is 10.4. The number of hydrogen-bond donors (Lipinski definition) is 1. The van der Waals surface area contributed by atoms with E-state index in [-0.39, 0.29) is 11.1 Å². The molecule has 0 bridgehead atoms. The van der Waals surface area contributed by atoms with Crippen LogP contribution in [0.5, 0.6) is 0 Å². The highest BCUT2D eigenvalue weighted by atomic mass is 16.6. The van der Waals surface area contributed by atoms with Crippen LogP contribution in [0.15, 0.2) is 91.0 Å². The van der Waals surface area contributed by atoms with Crippen LogP contribution in [0.3, 0.4) is 0 Å². The second kappa shape index (κ2) is 11.6. The fraction of sp³-hybridized carbons (Fsp3) is 0.192. The van der Waals surface area contributed by atoms with Gasteiger partial charge in [0.1, 0.15) is 6.10 Å². The number of ether oxygens (including phenoxy) is 3. The summed E-state index contributed by atoms with van der Waals surface area (Å²) in [4.78, 5) is 37.8. The second-order valence-electron chi connectivity index (χ2n) is 7.20. The third kappa shape index (κ3) is 6.51. The summed E-state index contributed by atoms with van der Waals surface area (Å²) in [5.74, 6) is -2.07. The summed E-state index contributed by atoms with van der Waals surface area (Å²) in [6.45, 7) is 0.849. The first-order valence-corrected chi connectivity index (χ1v) is 10.4. The molecule has 0 aliphatic rings. The molecule has 0 fully saturated rings. The molecule has 0 radical (unpaired) electrons. The number of aliphatic hydroxyl groups excluding tert-OH is 1. The Morgan fingerprint density at radius 2 is 1.00 bits per heavy atom. The van der Waals surface area contributed by atoms with Gasteiger partial charge in [0, 0.05) is 0 Å². The molecule has 0 aromatic heterocycles. The topological polar surface area (TPSA) is 99.1 Å². The Bertz CT molecular complexity index is 1050. The summed E-state index contributed by atoms with van der Waals surface area (Å²) < 4.78 is 16.5. The van der Waals surface area contributed by atoms with Gasteiger partial charge >= 0.3 is 17.9 Å². The SMILES string of the molecule is C[C@H](OC(=O)c1ccccc1)[C@H](OC(=O)c1ccccc1)[C@@H](CO)OC(=O)c1ccccc1. The first-order chi connectivity index (χ1) is 16.0. The van der Waals surface area contributed by atoms with E-state index in [9.17, 15) is 19.5 Å². The van der Waals surface area contributed by atoms with Crippen molar-refractivity contribution in [2.45, 2.75) is 25.2 Å². The summed E-state index contributed by atoms with van der Waals surface area (Å²) in [5.41, 5.74) is 0.826. The van der Waals surface area contributed by atoms with E-state index in [0.29, 0.717) is 5.56 Å². The number of carbonyl (C=O) groups is 3. The summed E-state index contributed by atoms with van der Waals surface area (Å²) in [5, 5.41) is 9.97. The van der Waals surface area contributed by atoms with Crippen molar-refractivity contribution >= 4 is 17.9 Å². The third-order valence-corrected chi connectivity index (χ3v) is 4.83. The number of esters is 3. The van der Waals surface area contributed by atoms with Crippen molar-refractivity contribution < 1.29 is 33.7 Å². The number of hydrogen-bond acceptors (Lipinski definition) is 7. The van der Waals surface area contributed by atoms with Crippen molar-refractivity contribution in [3.05, 3.63) is 108 Å². The molecule has 170 valence electrons. The van der Waals surface area contributed by atoms with Crippen LogP contribution in [0.1, 0.15) is 38.0 Å². The van der Waals surface area contributed by atoms with Crippen molar-refractivity contribution in [3.8, 4) is 0 Å². The van der Waals surface area contributed by atoms with E-state index in [2.05, 4.69) is 0 Å². The zero-order valence-electron chi connectivity index (χ0n) is 18.0. The van der Waals surface area contributed by atoms with E-state index >= 15 is 0 Å². The molecule has 0 saturated carbocycles. The molecule has 33 heavy (non-hydrogen) atoms. The van der Waals surface area contributed by atoms with Gasteiger partial charge in [-0.3, -0.25) is 0 Å². The lowest BCUT2D eigenvalue weighted by Gasteiger charge is -2.30. The molecule has 3 rings (SSSR count). The number of aliphatic hydroxyl groups is 1. The van der Waals surface area contributed by atoms with Gasteiger partial charge in [-0.15, -0.1) is 0 Å². The molecule has 3 aromatic carbocycles. The van der Waals surface area contributed by atoms with E-state index < -0.39 is 42.8 Å². The molecule has 7 heteroatoms. The Labute approximate surface area is 191 Å². The van der Waals surface area contributed by atoms with Crippen LogP contribution in [-0.2, 0) is 14.2 Å². The molecular weight excluding hydrogens is 424 g/mol. The summed E-state index contributed by atoms with van der Waals surface area (Å²) in [7, 11) is 0. The number of rotatable bonds is 9. The highest BCUT2D eigenvalue weighted by Crippen LogP contribution is 2.18. The summed E-state index contributed by atoms with van der Waals surface area (Å²) >= 11 is 0. The van der Waals surface area contributed by atoms with Gasteiger partial charge in [0.25, 0.3) is 0 Å². The van der Waals surface area contributed by atoms with Gasteiger partial charge in [-0.25, -0.2) is 14.4 Å². The van der Waals surface area contributed by atoms with Gasteiger partial charge in [0.15, 0.2) is 12.2 Å². The lowest BCUT2D eigenvalue weighted by Crippen LogP contribution is -2.46. The maximum atomic E-state index is 12.7. The molecule has 3 atom stereocenters. The quantitative estimate of drug-likeness (QED) is 0.394. The van der Waals surface area contributed by atoms with E-state index in [1.54, 1.807) is 91.0 Å². The van der Waals surface area contributed by atoms with Crippen LogP contribution >= 0.6 is 0 Å². The van der Waals surface area contributed by atoms with Gasteiger partial charge in [-0.2, -0.15) is 0 Å². The molecule has 0 heterocycles. The van der Waals surface area contributed by atoms with Gasteiger partial charge in [0.05, 0.1) is 23.3 Å². The van der Waals surface area contributed by atoms with Crippen molar-refractivity contribution in [1.82, 2.24) is 0 Å². The average molecular weight is 448 g/mol. The Morgan fingerprint density at radius 1 is 0.636 bits per heavy atom. The van der Waals surface area contributed by atoms with E-state index in [1.807, 2.05) is 0 Å². The molecule has 0 amide bonds. The fourth-order valence-electron chi connectivity index (χ4n) is 3.11. The maximum absolute atomic E-state index is 12.7. The molecule has 0 unspecified atom stereocenters. The molecule has 0 aliphatic heterocycles. The minimum Gasteiger partial charge on any atom is -0.455 e. The van der Waals surface area contributed by atoms with Gasteiger partial charge < -0.3 is 19.3 Å². The molecule has 0 saturated heterocycles. The largest absolute Gasteiger partial charge is 0.455 e. The normalized spacial score (nSPS) is 13.3. The third-order valence-electron chi connectivity index (χ3n) is 4.83. The smallest absolute Gasteiger partial charge is 0.338 e. The lowest BCUT2D eigenvalue weighted by atomic mass is 10.1. The van der Waals surface area contributed by atoms with Gasteiger partial charge in [-0.05, 0) is 43.3 Å². The summed E-state index contributed by atoms with van der Waals surface area (Å²) in [6.07, 6.45) is -3.57. The lowest BCUT2D eigenvalue weighted by molar-refractivity contribution is -0.0948. The molecule has 0 spiro atoms. The fourth-order valence-corrected chi connectivity index (χ4v) is 3.11. The highest BCUT2D eigenvalue weighted by molar-refractivity contribution is 5.91. The Kier molecular flexibility index (Phi) is 8.32. The Hall–Kier alpha value is -3.97. The standard InChI is InChI=1S/C26H24O7/c1-18(31-24(28)19-11-5-2-6-12-19)23(33-26(30)21-15-9-4-10-16-21)22(17-27)32-25(29)20-13-7-3-8-14-20/h2-16,18,22-23,27H,17H2,1H3/t18-,22+,23-/m0/s1. The molecule has 7 nitrogen and oxygen atoms in total. The zero-order valence-corrected chi connectivity index (χ0v) is 18.0. The van der Waals surface area contributed by atoms with Crippen LogP contribution in [0.4, 0.5) is 0 Å². The molecule has 3 aromatic rings. The minimum atomic E-state index is -1.27. The molecular formula is C26H24O7. The van der Waals surface area contributed by atoms with E-state index in [0.717, 1.165) is 0 Å². The molecule has 0 aliphatic carbocycles. The van der Waals surface area contributed by atoms with Crippen LogP contribution < -0.4 is 0 Å². The second-order valence-corrected chi connectivity index (χ2v) is 7.20. The Morgan fingerprint density at radius 3 is 1.39 bits per heavy atom. The van der Waals surface area contributed by atoms with Crippen LogP contribution in [0.2, 0.25) is 0 Å². The zero-order chi connectivity index (χ0) is 23.6. The van der Waals surface area contributed by atoms with Gasteiger partial charge in [-0.1, -0.05) is 54.6 Å². The van der Waals surface area contributed by atoms with Crippen LogP contribution in [0.25, 0.3) is 0 Å². The van der Waals surface area contributed by atoms with Crippen molar-refractivity contribution in [1.29, 1.82) is 0 Å². The highest BCUT2D eigenvalue weighted by Gasteiger charge is 2.36. The average Bonchev–Trinajstić information content (AvgIpc) is 2.87. The van der Waals surface area contributed by atoms with Crippen molar-refractivity contribution in [3.63, 3.8) is 0 Å². The monoisotopic (exact) mass is 448 g/mol. The first kappa shape index (κ1) is 23.7. The maximum Gasteiger partial charge on any atom is 0.338 e. The predicted molar refractivity (Wildman–Crippen MR) is 120 cm³/mol. The number of benzene rings is 3. The Balaban J connectivity index is 1.81. The van der Waals surface area contributed by atoms with Gasteiger partial charge in [0.2, 0.25) is 0 Å². The predicted octanol–water partition coefficient (Wildman–Crippen LogP) is 3.68. The summed E-state index contributed by atoms with van der Waals surface area (Å²) in [6, 6.07) is 24.7. The molecule has 1 N–H and O–H groups in total.